The molecule has 39 heavy (non-hydrogen) atoms. The number of esters is 1. The van der Waals surface area contributed by atoms with Gasteiger partial charge in [-0.1, -0.05) is 42.5 Å². The van der Waals surface area contributed by atoms with Crippen LogP contribution in [0.2, 0.25) is 0 Å². The van der Waals surface area contributed by atoms with Crippen LogP contribution in [-0.2, 0) is 6.61 Å². The molecule has 0 fully saturated rings. The van der Waals surface area contributed by atoms with E-state index in [2.05, 4.69) is 6.07 Å². The molecule has 5 rings (SSSR count). The number of hydrogen-bond donors (Lipinski definition) is 1. The molecule has 0 aromatic heterocycles. The maximum absolute atomic E-state index is 13.1. The molecule has 8 heteroatoms. The van der Waals surface area contributed by atoms with E-state index in [9.17, 15) is 14.4 Å². The van der Waals surface area contributed by atoms with Gasteiger partial charge in [0.2, 0.25) is 5.88 Å². The van der Waals surface area contributed by atoms with Gasteiger partial charge in [0.1, 0.15) is 52.6 Å². The first-order valence-electron chi connectivity index (χ1n) is 12.0. The van der Waals surface area contributed by atoms with Crippen LogP contribution in [0.1, 0.15) is 33.0 Å². The highest BCUT2D eigenvalue weighted by Crippen LogP contribution is 2.43. The number of rotatable bonds is 7. The normalized spacial score (nSPS) is 14.0. The molecule has 1 aliphatic rings. The third kappa shape index (κ3) is 5.38. The van der Waals surface area contributed by atoms with Crippen LogP contribution in [0.3, 0.4) is 0 Å². The number of ether oxygens (including phenoxy) is 4. The van der Waals surface area contributed by atoms with Gasteiger partial charge in [0, 0.05) is 11.6 Å². The second-order valence-electron chi connectivity index (χ2n) is 8.70. The number of carbonyl (C=O) groups is 1. The number of nitrogens with zero attached hydrogens (tertiary/aromatic N) is 1. The van der Waals surface area contributed by atoms with Gasteiger partial charge in [0.15, 0.2) is 0 Å². The van der Waals surface area contributed by atoms with E-state index in [1.165, 1.54) is 19.2 Å². The van der Waals surface area contributed by atoms with Gasteiger partial charge in [-0.3, -0.25) is 0 Å². The fourth-order valence-electron chi connectivity index (χ4n) is 4.32. The Hall–Kier alpha value is -5.29. The molecule has 7 nitrogen and oxygen atoms in total. The summed E-state index contributed by atoms with van der Waals surface area (Å²) in [4.78, 5) is 12.8. The second kappa shape index (κ2) is 11.0. The van der Waals surface area contributed by atoms with Crippen molar-refractivity contribution in [2.24, 2.45) is 5.73 Å². The van der Waals surface area contributed by atoms with E-state index in [4.69, 9.17) is 24.7 Å². The van der Waals surface area contributed by atoms with Crippen molar-refractivity contribution in [3.63, 3.8) is 0 Å². The van der Waals surface area contributed by atoms with Crippen LogP contribution in [0.15, 0.2) is 102 Å². The number of methoxy groups -OCH3 is 1. The molecule has 0 aliphatic carbocycles. The van der Waals surface area contributed by atoms with Crippen molar-refractivity contribution in [2.75, 3.05) is 7.11 Å². The summed E-state index contributed by atoms with van der Waals surface area (Å²) < 4.78 is 35.5. The average molecular weight is 523 g/mol. The molecule has 194 valence electrons. The molecule has 0 spiro atoms. The summed E-state index contributed by atoms with van der Waals surface area (Å²) in [6.45, 7) is 0.284. The van der Waals surface area contributed by atoms with Gasteiger partial charge in [-0.2, -0.15) is 5.26 Å². The Labute approximate surface area is 224 Å². The van der Waals surface area contributed by atoms with Gasteiger partial charge < -0.3 is 24.7 Å². The molecular formula is C31H23FN2O5. The Morgan fingerprint density at radius 1 is 1.00 bits per heavy atom. The number of nitrogens with two attached hydrogens (primary N) is 1. The largest absolute Gasteiger partial charge is 0.496 e. The van der Waals surface area contributed by atoms with Crippen molar-refractivity contribution in [3.8, 4) is 29.1 Å². The minimum Gasteiger partial charge on any atom is -0.496 e. The number of allylic oxidation sites excluding steroid dienone is 1. The molecule has 0 radical (unpaired) electrons. The molecule has 2 N–H and O–H groups in total. The first-order valence-corrected chi connectivity index (χ1v) is 12.0. The zero-order chi connectivity index (χ0) is 27.4. The molecule has 0 saturated carbocycles. The smallest absolute Gasteiger partial charge is 0.347 e. The van der Waals surface area contributed by atoms with E-state index in [0.29, 0.717) is 22.8 Å². The molecule has 0 amide bonds. The van der Waals surface area contributed by atoms with Gasteiger partial charge >= 0.3 is 5.97 Å². The summed E-state index contributed by atoms with van der Waals surface area (Å²) in [5.74, 6) is 0.222. The number of fused-ring (bicyclic) bond motifs is 1. The first kappa shape index (κ1) is 25.4. The zero-order valence-corrected chi connectivity index (χ0v) is 20.9. The lowest BCUT2D eigenvalue weighted by molar-refractivity contribution is 0.0731. The number of hydrogen-bond acceptors (Lipinski definition) is 7. The predicted molar refractivity (Wildman–Crippen MR) is 141 cm³/mol. The summed E-state index contributed by atoms with van der Waals surface area (Å²) in [6, 6.07) is 27.2. The maximum atomic E-state index is 13.1. The number of halogens is 1. The third-order valence-electron chi connectivity index (χ3n) is 6.26. The maximum Gasteiger partial charge on any atom is 0.347 e. The Balaban J connectivity index is 1.38. The van der Waals surface area contributed by atoms with Gasteiger partial charge in [0.25, 0.3) is 0 Å². The van der Waals surface area contributed by atoms with Crippen molar-refractivity contribution < 1.29 is 28.1 Å². The van der Waals surface area contributed by atoms with Crippen molar-refractivity contribution in [1.82, 2.24) is 0 Å². The molecule has 0 bridgehead atoms. The van der Waals surface area contributed by atoms with Crippen LogP contribution in [0.25, 0.3) is 0 Å². The van der Waals surface area contributed by atoms with E-state index < -0.39 is 11.9 Å². The number of nitriles is 1. The quantitative estimate of drug-likeness (QED) is 0.240. The summed E-state index contributed by atoms with van der Waals surface area (Å²) in [7, 11) is 1.48. The molecule has 1 atom stereocenters. The standard InChI is InChI=1S/C31H23FN2O5/c1-36-27-5-3-2-4-25(27)31(35)38-23-14-15-24-28(16-23)39-30(34)26(17-33)29(24)20-8-12-22(13-9-20)37-18-19-6-10-21(32)11-7-19/h2-16,29H,18,34H2,1H3. The summed E-state index contributed by atoms with van der Waals surface area (Å²) in [5, 5.41) is 9.85. The van der Waals surface area contributed by atoms with Gasteiger partial charge in [-0.25, -0.2) is 9.18 Å². The number of carbonyl (C=O) groups excluding carboxylic acids is 1. The van der Waals surface area contributed by atoms with E-state index in [-0.39, 0.29) is 35.2 Å². The van der Waals surface area contributed by atoms with Crippen LogP contribution in [0, 0.1) is 17.1 Å². The fourth-order valence-corrected chi connectivity index (χ4v) is 4.32. The summed E-state index contributed by atoms with van der Waals surface area (Å²) >= 11 is 0. The van der Waals surface area contributed by atoms with Crippen LogP contribution >= 0.6 is 0 Å². The molecule has 4 aromatic rings. The van der Waals surface area contributed by atoms with Crippen LogP contribution in [0.5, 0.6) is 23.0 Å². The predicted octanol–water partition coefficient (Wildman–Crippen LogP) is 5.85. The highest BCUT2D eigenvalue weighted by Gasteiger charge is 2.31. The number of benzene rings is 4. The molecular weight excluding hydrogens is 499 g/mol. The molecule has 1 unspecified atom stereocenters. The Morgan fingerprint density at radius 2 is 1.72 bits per heavy atom. The fraction of sp³-hybridized carbons (Fsp3) is 0.0968. The van der Waals surface area contributed by atoms with Crippen molar-refractivity contribution in [1.29, 1.82) is 5.26 Å². The van der Waals surface area contributed by atoms with Crippen molar-refractivity contribution >= 4 is 5.97 Å². The van der Waals surface area contributed by atoms with Gasteiger partial charge in [0.05, 0.1) is 13.0 Å². The van der Waals surface area contributed by atoms with Crippen molar-refractivity contribution in [2.45, 2.75) is 12.5 Å². The Kier molecular flexibility index (Phi) is 7.15. The van der Waals surface area contributed by atoms with Gasteiger partial charge in [-0.05, 0) is 53.6 Å². The Bertz CT molecular complexity index is 1590. The third-order valence-corrected chi connectivity index (χ3v) is 6.26. The van der Waals surface area contributed by atoms with E-state index in [1.54, 1.807) is 66.7 Å². The first-order chi connectivity index (χ1) is 19.0. The van der Waals surface area contributed by atoms with Crippen LogP contribution < -0.4 is 24.7 Å². The second-order valence-corrected chi connectivity index (χ2v) is 8.70. The molecule has 1 aliphatic heterocycles. The zero-order valence-electron chi connectivity index (χ0n) is 20.9. The van der Waals surface area contributed by atoms with E-state index in [1.807, 2.05) is 12.1 Å². The minimum absolute atomic E-state index is 0.0279. The molecule has 0 saturated heterocycles. The van der Waals surface area contributed by atoms with Crippen LogP contribution in [-0.4, -0.2) is 13.1 Å². The van der Waals surface area contributed by atoms with Gasteiger partial charge in [-0.15, -0.1) is 0 Å². The molecule has 1 heterocycles. The Morgan fingerprint density at radius 3 is 2.44 bits per heavy atom. The summed E-state index contributed by atoms with van der Waals surface area (Å²) in [6.07, 6.45) is 0. The highest BCUT2D eigenvalue weighted by molar-refractivity contribution is 5.94. The lowest BCUT2D eigenvalue weighted by atomic mass is 9.83. The lowest BCUT2D eigenvalue weighted by Gasteiger charge is -2.27. The minimum atomic E-state index is -0.586. The highest BCUT2D eigenvalue weighted by atomic mass is 19.1. The van der Waals surface area contributed by atoms with E-state index in [0.717, 1.165) is 11.1 Å². The van der Waals surface area contributed by atoms with Crippen molar-refractivity contribution in [3.05, 3.63) is 131 Å². The SMILES string of the molecule is COc1ccccc1C(=O)Oc1ccc2c(c1)OC(N)=C(C#N)C2c1ccc(OCc2ccc(F)cc2)cc1. The monoisotopic (exact) mass is 522 g/mol. The average Bonchev–Trinajstić information content (AvgIpc) is 2.96. The molecule has 4 aromatic carbocycles. The van der Waals surface area contributed by atoms with E-state index >= 15 is 0 Å². The van der Waals surface area contributed by atoms with Crippen LogP contribution in [0.4, 0.5) is 4.39 Å². The summed E-state index contributed by atoms with van der Waals surface area (Å²) in [5.41, 5.74) is 9.00. The lowest BCUT2D eigenvalue weighted by Crippen LogP contribution is -2.21. The topological polar surface area (TPSA) is 104 Å². The number of para-hydroxylation sites is 1.